The average Bonchev–Trinajstić information content (AvgIpc) is 3.14. The van der Waals surface area contributed by atoms with Crippen LogP contribution in [0.5, 0.6) is 5.75 Å². The van der Waals surface area contributed by atoms with E-state index in [1.54, 1.807) is 6.07 Å². The number of hydrogen-bond acceptors (Lipinski definition) is 4. The highest BCUT2D eigenvalue weighted by molar-refractivity contribution is 5.79. The van der Waals surface area contributed by atoms with Crippen LogP contribution in [0.2, 0.25) is 0 Å². The fourth-order valence-corrected chi connectivity index (χ4v) is 3.66. The summed E-state index contributed by atoms with van der Waals surface area (Å²) in [5, 5.41) is 10.1. The van der Waals surface area contributed by atoms with Gasteiger partial charge >= 0.3 is 0 Å². The number of hydroxylamine groups is 2. The first-order valence-electron chi connectivity index (χ1n) is 9.23. The van der Waals surface area contributed by atoms with E-state index < -0.39 is 23.5 Å². The molecule has 2 aromatic carbocycles. The zero-order valence-electron chi connectivity index (χ0n) is 15.3. The molecule has 2 aromatic rings. The molecular weight excluding hydrogens is 385 g/mol. The van der Waals surface area contributed by atoms with Gasteiger partial charge < -0.3 is 4.74 Å². The van der Waals surface area contributed by atoms with E-state index in [4.69, 9.17) is 14.8 Å². The number of ether oxygens (including phenoxy) is 1. The quantitative estimate of drug-likeness (QED) is 0.775. The molecule has 1 aliphatic carbocycles. The topological polar surface area (TPSA) is 62.6 Å². The van der Waals surface area contributed by atoms with E-state index in [1.807, 2.05) is 0 Å². The van der Waals surface area contributed by atoms with Crippen LogP contribution < -0.4 is 4.74 Å². The van der Waals surface area contributed by atoms with Crippen LogP contribution in [0, 0.1) is 34.7 Å². The Balaban J connectivity index is 1.38. The smallest absolute Gasteiger partial charge is 0.250 e. The highest BCUT2D eigenvalue weighted by Crippen LogP contribution is 2.38. The average molecular weight is 402 g/mol. The molecule has 0 aromatic heterocycles. The number of nitrogens with zero attached hydrogens (tertiary/aromatic N) is 2. The Labute approximate surface area is 165 Å². The molecule has 0 bridgehead atoms. The summed E-state index contributed by atoms with van der Waals surface area (Å²) in [4.78, 5) is 18.2. The summed E-state index contributed by atoms with van der Waals surface area (Å²) in [5.41, 5.74) is 0.251. The molecule has 4 rings (SSSR count). The molecule has 1 saturated carbocycles. The van der Waals surface area contributed by atoms with E-state index >= 15 is 0 Å². The van der Waals surface area contributed by atoms with Crippen molar-refractivity contribution in [2.24, 2.45) is 5.92 Å². The first-order chi connectivity index (χ1) is 13.9. The van der Waals surface area contributed by atoms with Gasteiger partial charge in [-0.1, -0.05) is 0 Å². The van der Waals surface area contributed by atoms with E-state index in [-0.39, 0.29) is 30.1 Å². The number of halogens is 3. The summed E-state index contributed by atoms with van der Waals surface area (Å²) < 4.78 is 46.2. The number of amides is 1. The van der Waals surface area contributed by atoms with Crippen LogP contribution in [-0.2, 0) is 9.63 Å². The summed E-state index contributed by atoms with van der Waals surface area (Å²) in [7, 11) is 0. The molecule has 2 aliphatic rings. The summed E-state index contributed by atoms with van der Waals surface area (Å²) in [5.74, 6) is -2.25. The van der Waals surface area contributed by atoms with Crippen LogP contribution in [0.1, 0.15) is 36.4 Å². The molecule has 1 heterocycles. The van der Waals surface area contributed by atoms with Crippen molar-refractivity contribution in [3.8, 4) is 11.8 Å². The minimum Gasteiger partial charge on any atom is -0.490 e. The maximum absolute atomic E-state index is 13.5. The van der Waals surface area contributed by atoms with Crippen LogP contribution in [0.4, 0.5) is 13.2 Å². The first kappa shape index (κ1) is 19.3. The lowest BCUT2D eigenvalue weighted by molar-refractivity contribution is -0.187. The van der Waals surface area contributed by atoms with Crippen molar-refractivity contribution >= 4 is 5.91 Å². The van der Waals surface area contributed by atoms with Crippen LogP contribution in [-0.4, -0.2) is 23.7 Å². The molecule has 150 valence electrons. The zero-order valence-corrected chi connectivity index (χ0v) is 15.3. The lowest BCUT2D eigenvalue weighted by Gasteiger charge is -2.37. The van der Waals surface area contributed by atoms with E-state index in [0.717, 1.165) is 12.1 Å². The van der Waals surface area contributed by atoms with Gasteiger partial charge in [-0.15, -0.1) is 0 Å². The third-order valence-electron chi connectivity index (χ3n) is 5.20. The Morgan fingerprint density at radius 1 is 1.14 bits per heavy atom. The fourth-order valence-electron chi connectivity index (χ4n) is 3.66. The lowest BCUT2D eigenvalue weighted by atomic mass is 9.81. The molecule has 29 heavy (non-hydrogen) atoms. The van der Waals surface area contributed by atoms with Gasteiger partial charge in [0.15, 0.2) is 0 Å². The van der Waals surface area contributed by atoms with Crippen LogP contribution in [0.3, 0.4) is 0 Å². The maximum atomic E-state index is 13.5. The van der Waals surface area contributed by atoms with Crippen molar-refractivity contribution in [3.05, 3.63) is 65.0 Å². The molecule has 8 heteroatoms. The molecule has 0 unspecified atom stereocenters. The lowest BCUT2D eigenvalue weighted by Crippen LogP contribution is -2.45. The van der Waals surface area contributed by atoms with E-state index in [2.05, 4.69) is 0 Å². The van der Waals surface area contributed by atoms with E-state index in [9.17, 15) is 18.0 Å². The summed E-state index contributed by atoms with van der Waals surface area (Å²) in [6.45, 7) is 0.285. The molecule has 0 radical (unpaired) electrons. The Morgan fingerprint density at radius 2 is 1.86 bits per heavy atom. The monoisotopic (exact) mass is 402 g/mol. The minimum atomic E-state index is -0.701. The van der Waals surface area contributed by atoms with Gasteiger partial charge in [0.1, 0.15) is 35.4 Å². The van der Waals surface area contributed by atoms with Crippen molar-refractivity contribution in [2.75, 3.05) is 6.61 Å². The normalized spacial score (nSPS) is 23.4. The van der Waals surface area contributed by atoms with Gasteiger partial charge in [-0.25, -0.2) is 18.2 Å². The molecule has 2 fully saturated rings. The fraction of sp³-hybridized carbons (Fsp3) is 0.333. The molecule has 5 nitrogen and oxygen atoms in total. The van der Waals surface area contributed by atoms with E-state index in [1.165, 1.54) is 29.3 Å². The van der Waals surface area contributed by atoms with Gasteiger partial charge in [0, 0.05) is 24.5 Å². The van der Waals surface area contributed by atoms with Crippen molar-refractivity contribution in [1.29, 1.82) is 5.26 Å². The van der Waals surface area contributed by atoms with Crippen molar-refractivity contribution in [3.63, 3.8) is 0 Å². The SMILES string of the molecule is N#Cc1cc(O[C@H]2C[C@@H](C(=O)N3OCC[C@H]3c3cc(F)cc(F)c3)C2)ccc1F. The maximum Gasteiger partial charge on any atom is 0.250 e. The van der Waals surface area contributed by atoms with Crippen LogP contribution in [0.15, 0.2) is 36.4 Å². The third kappa shape index (κ3) is 3.91. The number of rotatable bonds is 4. The Kier molecular flexibility index (Phi) is 5.16. The molecule has 1 atom stereocenters. The van der Waals surface area contributed by atoms with Crippen molar-refractivity contribution < 1.29 is 27.5 Å². The van der Waals surface area contributed by atoms with Gasteiger partial charge in [0.25, 0.3) is 0 Å². The first-order valence-corrected chi connectivity index (χ1v) is 9.23. The molecule has 0 N–H and O–H groups in total. The van der Waals surface area contributed by atoms with Crippen molar-refractivity contribution in [1.82, 2.24) is 5.06 Å². The van der Waals surface area contributed by atoms with E-state index in [0.29, 0.717) is 30.6 Å². The summed E-state index contributed by atoms with van der Waals surface area (Å²) in [6, 6.07) is 8.33. The molecule has 1 saturated heterocycles. The van der Waals surface area contributed by atoms with Crippen molar-refractivity contribution in [2.45, 2.75) is 31.4 Å². The highest BCUT2D eigenvalue weighted by Gasteiger charge is 2.43. The van der Waals surface area contributed by atoms with Gasteiger partial charge in [0.05, 0.1) is 18.2 Å². The second kappa shape index (κ2) is 7.76. The second-order valence-electron chi connectivity index (χ2n) is 7.17. The van der Waals surface area contributed by atoms with Gasteiger partial charge in [-0.3, -0.25) is 9.63 Å². The molecule has 1 aliphatic heterocycles. The Morgan fingerprint density at radius 3 is 2.55 bits per heavy atom. The minimum absolute atomic E-state index is 0.106. The predicted octanol–water partition coefficient (Wildman–Crippen LogP) is 4.04. The summed E-state index contributed by atoms with van der Waals surface area (Å²) >= 11 is 0. The molecule has 1 amide bonds. The molecule has 0 spiro atoms. The summed E-state index contributed by atoms with van der Waals surface area (Å²) in [6.07, 6.45) is 1.08. The predicted molar refractivity (Wildman–Crippen MR) is 94.8 cm³/mol. The zero-order chi connectivity index (χ0) is 20.5. The van der Waals surface area contributed by atoms with Gasteiger partial charge in [-0.2, -0.15) is 5.26 Å². The third-order valence-corrected chi connectivity index (χ3v) is 5.20. The van der Waals surface area contributed by atoms with Gasteiger partial charge in [-0.05, 0) is 42.7 Å². The Bertz CT molecular complexity index is 965. The standard InChI is InChI=1S/C21H17F3N2O3/c22-15-5-12(6-16(23)10-15)20-3-4-28-26(20)21(27)13-7-18(8-13)29-17-1-2-19(24)14(9-17)11-25/h1-2,5-6,9-10,13,18,20H,3-4,7-8H2/t13-,18+,20-/m0/s1. The second-order valence-corrected chi connectivity index (χ2v) is 7.17. The number of carbonyl (C=O) groups excluding carboxylic acids is 1. The number of nitriles is 1. The Hall–Kier alpha value is -3.05. The van der Waals surface area contributed by atoms with Crippen LogP contribution >= 0.6 is 0 Å². The number of benzene rings is 2. The highest BCUT2D eigenvalue weighted by atomic mass is 19.1. The van der Waals surface area contributed by atoms with Gasteiger partial charge in [0.2, 0.25) is 5.91 Å². The largest absolute Gasteiger partial charge is 0.490 e. The number of carbonyl (C=O) groups is 1. The molecular formula is C21H17F3N2O3. The van der Waals surface area contributed by atoms with Crippen LogP contribution in [0.25, 0.3) is 0 Å². The number of hydrogen-bond donors (Lipinski definition) is 0.